The minimum atomic E-state index is 0. The molecule has 1 fully saturated rings. The summed E-state index contributed by atoms with van der Waals surface area (Å²) >= 11 is 0. The van der Waals surface area contributed by atoms with Crippen LogP contribution in [0.4, 0.5) is 0 Å². The van der Waals surface area contributed by atoms with E-state index >= 15 is 0 Å². The van der Waals surface area contributed by atoms with Crippen LogP contribution in [0.15, 0.2) is 11.1 Å². The maximum absolute atomic E-state index is 4.50. The van der Waals surface area contributed by atoms with Crippen LogP contribution in [-0.4, -0.2) is 35.9 Å². The highest BCUT2D eigenvalue weighted by Crippen LogP contribution is 2.28. The summed E-state index contributed by atoms with van der Waals surface area (Å²) in [7, 11) is 1.85. The molecule has 0 spiro atoms. The normalized spacial score (nSPS) is 21.2. The first-order valence-electron chi connectivity index (χ1n) is 9.05. The van der Waals surface area contributed by atoms with Gasteiger partial charge in [0, 0.05) is 32.4 Å². The highest BCUT2D eigenvalue weighted by Gasteiger charge is 2.21. The van der Waals surface area contributed by atoms with Gasteiger partial charge >= 0.3 is 0 Å². The van der Waals surface area contributed by atoms with Crippen LogP contribution < -0.4 is 10.6 Å². The molecule has 2 atom stereocenters. The van der Waals surface area contributed by atoms with Crippen LogP contribution in [0.2, 0.25) is 0 Å². The molecule has 24 heavy (non-hydrogen) atoms. The van der Waals surface area contributed by atoms with Crippen molar-refractivity contribution >= 4 is 29.9 Å². The van der Waals surface area contributed by atoms with Crippen molar-refractivity contribution in [2.45, 2.75) is 59.4 Å². The number of aryl methyl sites for hydroxylation is 3. The standard InChI is InChI=1S/C18H33N5.HI/c1-14-8-5-6-9-17(14)13-21-18(19-4)20-10-7-11-23-16(3)12-15(2)22-23;/h12,14,17H,5-11,13H2,1-4H3,(H2,19,20,21);1H. The number of aromatic nitrogens is 2. The van der Waals surface area contributed by atoms with Gasteiger partial charge in [0.05, 0.1) is 5.69 Å². The molecule has 2 N–H and O–H groups in total. The van der Waals surface area contributed by atoms with E-state index in [1.165, 1.54) is 31.4 Å². The largest absolute Gasteiger partial charge is 0.356 e. The fraction of sp³-hybridized carbons (Fsp3) is 0.778. The smallest absolute Gasteiger partial charge is 0.190 e. The van der Waals surface area contributed by atoms with Gasteiger partial charge in [0.15, 0.2) is 5.96 Å². The van der Waals surface area contributed by atoms with Crippen LogP contribution >= 0.6 is 24.0 Å². The van der Waals surface area contributed by atoms with Crippen molar-refractivity contribution in [2.24, 2.45) is 16.8 Å². The maximum atomic E-state index is 4.50. The van der Waals surface area contributed by atoms with Gasteiger partial charge in [-0.3, -0.25) is 9.67 Å². The molecule has 0 aromatic carbocycles. The highest BCUT2D eigenvalue weighted by molar-refractivity contribution is 14.0. The second-order valence-corrected chi connectivity index (χ2v) is 6.91. The van der Waals surface area contributed by atoms with Gasteiger partial charge in [-0.25, -0.2) is 0 Å². The Hall–Kier alpha value is -0.790. The molecular formula is C18H34IN5. The number of nitrogens with zero attached hydrogens (tertiary/aromatic N) is 3. The number of aliphatic imine (C=N–C) groups is 1. The molecule has 138 valence electrons. The van der Waals surface area contributed by atoms with E-state index in [0.717, 1.165) is 49.5 Å². The number of hydrogen-bond acceptors (Lipinski definition) is 2. The van der Waals surface area contributed by atoms with Crippen molar-refractivity contribution in [3.8, 4) is 0 Å². The molecule has 0 bridgehead atoms. The number of hydrogen-bond donors (Lipinski definition) is 2. The average Bonchev–Trinajstić information content (AvgIpc) is 2.86. The lowest BCUT2D eigenvalue weighted by Gasteiger charge is -2.29. The molecular weight excluding hydrogens is 413 g/mol. The predicted molar refractivity (Wildman–Crippen MR) is 112 cm³/mol. The molecule has 0 amide bonds. The van der Waals surface area contributed by atoms with Gasteiger partial charge in [-0.15, -0.1) is 24.0 Å². The van der Waals surface area contributed by atoms with E-state index in [2.05, 4.69) is 45.3 Å². The molecule has 2 unspecified atom stereocenters. The van der Waals surface area contributed by atoms with Crippen LogP contribution in [0.5, 0.6) is 0 Å². The van der Waals surface area contributed by atoms with Crippen molar-refractivity contribution in [2.75, 3.05) is 20.1 Å². The second kappa shape index (κ2) is 10.9. The van der Waals surface area contributed by atoms with Gasteiger partial charge in [0.2, 0.25) is 0 Å². The molecule has 1 saturated carbocycles. The summed E-state index contributed by atoms with van der Waals surface area (Å²) in [5, 5.41) is 11.4. The zero-order valence-electron chi connectivity index (χ0n) is 15.6. The van der Waals surface area contributed by atoms with E-state index < -0.39 is 0 Å². The maximum Gasteiger partial charge on any atom is 0.190 e. The predicted octanol–water partition coefficient (Wildman–Crippen LogP) is 3.50. The lowest BCUT2D eigenvalue weighted by molar-refractivity contribution is 0.256. The summed E-state index contributed by atoms with van der Waals surface area (Å²) in [6, 6.07) is 2.12. The third-order valence-electron chi connectivity index (χ3n) is 4.99. The highest BCUT2D eigenvalue weighted by atomic mass is 127. The quantitative estimate of drug-likeness (QED) is 0.304. The van der Waals surface area contributed by atoms with Gasteiger partial charge < -0.3 is 10.6 Å². The van der Waals surface area contributed by atoms with Crippen LogP contribution in [0, 0.1) is 25.7 Å². The SMILES string of the molecule is CN=C(NCCCn1nc(C)cc1C)NCC1CCCCC1C.I. The Morgan fingerprint density at radius 2 is 2.04 bits per heavy atom. The minimum Gasteiger partial charge on any atom is -0.356 e. The Morgan fingerprint density at radius 3 is 2.67 bits per heavy atom. The molecule has 1 aromatic heterocycles. The number of halogens is 1. The second-order valence-electron chi connectivity index (χ2n) is 6.91. The lowest BCUT2D eigenvalue weighted by Crippen LogP contribution is -2.41. The van der Waals surface area contributed by atoms with Gasteiger partial charge in [-0.2, -0.15) is 5.10 Å². The Bertz CT molecular complexity index is 512. The summed E-state index contributed by atoms with van der Waals surface area (Å²) in [4.78, 5) is 4.34. The minimum absolute atomic E-state index is 0. The third kappa shape index (κ3) is 6.61. The van der Waals surface area contributed by atoms with Crippen LogP contribution in [0.25, 0.3) is 0 Å². The van der Waals surface area contributed by atoms with E-state index in [4.69, 9.17) is 0 Å². The monoisotopic (exact) mass is 447 g/mol. The van der Waals surface area contributed by atoms with Crippen molar-refractivity contribution in [1.82, 2.24) is 20.4 Å². The van der Waals surface area contributed by atoms with Crippen molar-refractivity contribution in [1.29, 1.82) is 0 Å². The Kier molecular flexibility index (Phi) is 9.69. The fourth-order valence-electron chi connectivity index (χ4n) is 3.48. The topological polar surface area (TPSA) is 54.2 Å². The van der Waals surface area contributed by atoms with Crippen LogP contribution in [0.1, 0.15) is 50.4 Å². The molecule has 6 heteroatoms. The number of nitrogens with one attached hydrogen (secondary N) is 2. The molecule has 1 aliphatic rings. The molecule has 5 nitrogen and oxygen atoms in total. The fourth-order valence-corrected chi connectivity index (χ4v) is 3.48. The number of guanidine groups is 1. The van der Waals surface area contributed by atoms with Crippen molar-refractivity contribution < 1.29 is 0 Å². The first-order chi connectivity index (χ1) is 11.1. The van der Waals surface area contributed by atoms with Gasteiger partial charge in [0.1, 0.15) is 0 Å². The lowest BCUT2D eigenvalue weighted by atomic mass is 9.80. The molecule has 1 aromatic rings. The summed E-state index contributed by atoms with van der Waals surface area (Å²) in [5.74, 6) is 2.55. The summed E-state index contributed by atoms with van der Waals surface area (Å²) < 4.78 is 2.08. The molecule has 2 rings (SSSR count). The van der Waals surface area contributed by atoms with Crippen molar-refractivity contribution in [3.63, 3.8) is 0 Å². The van der Waals surface area contributed by atoms with Gasteiger partial charge in [-0.1, -0.05) is 26.2 Å². The summed E-state index contributed by atoms with van der Waals surface area (Å²) in [6.45, 7) is 9.44. The zero-order valence-corrected chi connectivity index (χ0v) is 18.0. The van der Waals surface area contributed by atoms with Gasteiger partial charge in [0.25, 0.3) is 0 Å². The van der Waals surface area contributed by atoms with E-state index in [1.54, 1.807) is 0 Å². The first kappa shape index (κ1) is 21.3. The molecule has 0 radical (unpaired) electrons. The Morgan fingerprint density at radius 1 is 1.29 bits per heavy atom. The summed E-state index contributed by atoms with van der Waals surface area (Å²) in [5.41, 5.74) is 2.32. The van der Waals surface area contributed by atoms with E-state index in [9.17, 15) is 0 Å². The zero-order chi connectivity index (χ0) is 16.7. The molecule has 1 aliphatic carbocycles. The van der Waals surface area contributed by atoms with Crippen LogP contribution in [0.3, 0.4) is 0 Å². The van der Waals surface area contributed by atoms with Gasteiger partial charge in [-0.05, 0) is 44.6 Å². The van der Waals surface area contributed by atoms with E-state index in [1.807, 2.05) is 14.0 Å². The Balaban J connectivity index is 0.00000288. The third-order valence-corrected chi connectivity index (χ3v) is 4.99. The van der Waals surface area contributed by atoms with E-state index in [0.29, 0.717) is 0 Å². The summed E-state index contributed by atoms with van der Waals surface area (Å²) in [6.07, 6.45) is 6.55. The molecule has 0 aliphatic heterocycles. The molecule has 1 heterocycles. The first-order valence-corrected chi connectivity index (χ1v) is 9.05. The Labute approximate surface area is 164 Å². The van der Waals surface area contributed by atoms with Crippen molar-refractivity contribution in [3.05, 3.63) is 17.5 Å². The molecule has 0 saturated heterocycles. The van der Waals surface area contributed by atoms with Crippen LogP contribution in [-0.2, 0) is 6.54 Å². The average molecular weight is 447 g/mol. The van der Waals surface area contributed by atoms with E-state index in [-0.39, 0.29) is 24.0 Å². The number of rotatable bonds is 6.